The van der Waals surface area contributed by atoms with Crippen LogP contribution in [-0.4, -0.2) is 12.4 Å². The fourth-order valence-electron chi connectivity index (χ4n) is 1.77. The number of rotatable bonds is 2. The van der Waals surface area contributed by atoms with Gasteiger partial charge < -0.3 is 9.53 Å². The van der Waals surface area contributed by atoms with Gasteiger partial charge in [0.25, 0.3) is 0 Å². The Hall–Kier alpha value is -1.38. The van der Waals surface area contributed by atoms with Gasteiger partial charge in [-0.05, 0) is 25.1 Å². The summed E-state index contributed by atoms with van der Waals surface area (Å²) in [4.78, 5) is 10.9. The molecule has 0 radical (unpaired) electrons. The van der Waals surface area contributed by atoms with Crippen molar-refractivity contribution in [2.75, 3.05) is 6.61 Å². The normalized spacial score (nSPS) is 18.9. The first-order valence-electron chi connectivity index (χ1n) is 4.58. The molecule has 0 aliphatic carbocycles. The molecule has 3 heteroatoms. The molecule has 0 N–H and O–H groups in total. The summed E-state index contributed by atoms with van der Waals surface area (Å²) in [5.41, 5.74) is 0.820. The fourth-order valence-corrected chi connectivity index (χ4v) is 1.77. The number of Topliss-reactive ketones (excluding diaryl/α,β-unsaturated/α-hetero) is 1. The molecule has 14 heavy (non-hydrogen) atoms. The highest BCUT2D eigenvalue weighted by atomic mass is 19.1. The molecule has 0 bridgehead atoms. The summed E-state index contributed by atoms with van der Waals surface area (Å²) in [5, 5.41) is 0. The van der Waals surface area contributed by atoms with Crippen LogP contribution in [0.1, 0.15) is 24.8 Å². The van der Waals surface area contributed by atoms with E-state index in [1.807, 2.05) is 0 Å². The van der Waals surface area contributed by atoms with E-state index in [2.05, 4.69) is 0 Å². The summed E-state index contributed by atoms with van der Waals surface area (Å²) in [5.74, 6) is 0.564. The van der Waals surface area contributed by atoms with Crippen LogP contribution < -0.4 is 4.74 Å². The highest BCUT2D eigenvalue weighted by molar-refractivity contribution is 5.76. The summed E-state index contributed by atoms with van der Waals surface area (Å²) < 4.78 is 18.3. The largest absolute Gasteiger partial charge is 0.493 e. The van der Waals surface area contributed by atoms with E-state index in [-0.39, 0.29) is 17.5 Å². The molecule has 2 nitrogen and oxygen atoms in total. The van der Waals surface area contributed by atoms with Gasteiger partial charge in [-0.1, -0.05) is 0 Å². The van der Waals surface area contributed by atoms with Gasteiger partial charge in [-0.25, -0.2) is 4.39 Å². The van der Waals surface area contributed by atoms with Crippen molar-refractivity contribution in [1.82, 2.24) is 0 Å². The summed E-state index contributed by atoms with van der Waals surface area (Å²) in [6.07, 6.45) is 0.427. The first kappa shape index (κ1) is 9.19. The quantitative estimate of drug-likeness (QED) is 0.722. The molecular formula is C11H11FO2. The van der Waals surface area contributed by atoms with Crippen molar-refractivity contribution in [3.8, 4) is 5.75 Å². The third-order valence-electron chi connectivity index (χ3n) is 2.39. The van der Waals surface area contributed by atoms with Crippen LogP contribution in [0.25, 0.3) is 0 Å². The van der Waals surface area contributed by atoms with E-state index < -0.39 is 0 Å². The van der Waals surface area contributed by atoms with E-state index >= 15 is 0 Å². The van der Waals surface area contributed by atoms with Gasteiger partial charge in [0, 0.05) is 17.9 Å². The third-order valence-corrected chi connectivity index (χ3v) is 2.39. The Morgan fingerprint density at radius 3 is 3.14 bits per heavy atom. The van der Waals surface area contributed by atoms with Crippen LogP contribution in [-0.2, 0) is 4.79 Å². The Morgan fingerprint density at radius 2 is 2.43 bits per heavy atom. The van der Waals surface area contributed by atoms with Gasteiger partial charge in [0.2, 0.25) is 0 Å². The number of halogens is 1. The molecule has 1 heterocycles. The lowest BCUT2D eigenvalue weighted by Gasteiger charge is -2.04. The second-order valence-corrected chi connectivity index (χ2v) is 3.60. The predicted octanol–water partition coefficient (Wildman–Crippen LogP) is 2.28. The second-order valence-electron chi connectivity index (χ2n) is 3.60. The molecule has 1 aromatic rings. The number of hydrogen-bond acceptors (Lipinski definition) is 2. The molecular weight excluding hydrogens is 183 g/mol. The van der Waals surface area contributed by atoms with Gasteiger partial charge in [-0.2, -0.15) is 0 Å². The number of ether oxygens (including phenoxy) is 1. The minimum atomic E-state index is -0.275. The Bertz CT molecular complexity index is 374. The lowest BCUT2D eigenvalue weighted by molar-refractivity contribution is -0.117. The zero-order valence-electron chi connectivity index (χ0n) is 7.92. The molecule has 2 rings (SSSR count). The second kappa shape index (κ2) is 3.40. The van der Waals surface area contributed by atoms with E-state index in [1.165, 1.54) is 19.1 Å². The van der Waals surface area contributed by atoms with Gasteiger partial charge in [0.1, 0.15) is 17.3 Å². The Morgan fingerprint density at radius 1 is 1.64 bits per heavy atom. The van der Waals surface area contributed by atoms with Crippen molar-refractivity contribution in [1.29, 1.82) is 0 Å². The molecule has 0 saturated carbocycles. The minimum Gasteiger partial charge on any atom is -0.493 e. The average Bonchev–Trinajstić information content (AvgIpc) is 2.47. The molecule has 0 amide bonds. The molecule has 0 fully saturated rings. The fraction of sp³-hybridized carbons (Fsp3) is 0.364. The molecule has 1 atom stereocenters. The van der Waals surface area contributed by atoms with Crippen LogP contribution in [0.5, 0.6) is 5.75 Å². The molecule has 1 aliphatic heterocycles. The van der Waals surface area contributed by atoms with Crippen LogP contribution in [0.3, 0.4) is 0 Å². The standard InChI is InChI=1S/C11H11FO2/c1-7(13)4-8-6-14-11-3-2-9(12)5-10(8)11/h2-3,5,8H,4,6H2,1H3. The predicted molar refractivity (Wildman–Crippen MR) is 49.9 cm³/mol. The molecule has 0 aromatic heterocycles. The molecule has 74 valence electrons. The van der Waals surface area contributed by atoms with Gasteiger partial charge in [0.15, 0.2) is 0 Å². The maximum Gasteiger partial charge on any atom is 0.130 e. The van der Waals surface area contributed by atoms with Gasteiger partial charge in [-0.3, -0.25) is 0 Å². The van der Waals surface area contributed by atoms with Crippen molar-refractivity contribution in [3.63, 3.8) is 0 Å². The van der Waals surface area contributed by atoms with E-state index in [1.54, 1.807) is 6.07 Å². The van der Waals surface area contributed by atoms with Crippen molar-refractivity contribution in [2.45, 2.75) is 19.3 Å². The highest BCUT2D eigenvalue weighted by Gasteiger charge is 2.25. The van der Waals surface area contributed by atoms with E-state index in [9.17, 15) is 9.18 Å². The van der Waals surface area contributed by atoms with Crippen LogP contribution in [0.2, 0.25) is 0 Å². The Labute approximate surface area is 81.7 Å². The zero-order chi connectivity index (χ0) is 10.1. The maximum absolute atomic E-state index is 12.9. The summed E-state index contributed by atoms with van der Waals surface area (Å²) in [6, 6.07) is 4.44. The van der Waals surface area contributed by atoms with Crippen LogP contribution >= 0.6 is 0 Å². The van der Waals surface area contributed by atoms with Gasteiger partial charge >= 0.3 is 0 Å². The number of ketones is 1. The molecule has 1 unspecified atom stereocenters. The van der Waals surface area contributed by atoms with Gasteiger partial charge in [-0.15, -0.1) is 0 Å². The molecule has 1 aliphatic rings. The van der Waals surface area contributed by atoms with E-state index in [4.69, 9.17) is 4.74 Å². The van der Waals surface area contributed by atoms with Crippen LogP contribution in [0.15, 0.2) is 18.2 Å². The van der Waals surface area contributed by atoms with Gasteiger partial charge in [0.05, 0.1) is 6.61 Å². The highest BCUT2D eigenvalue weighted by Crippen LogP contribution is 2.36. The van der Waals surface area contributed by atoms with Crippen molar-refractivity contribution < 1.29 is 13.9 Å². The molecule has 0 spiro atoms. The van der Waals surface area contributed by atoms with E-state index in [0.717, 1.165) is 5.56 Å². The summed E-state index contributed by atoms with van der Waals surface area (Å²) in [7, 11) is 0. The maximum atomic E-state index is 12.9. The average molecular weight is 194 g/mol. The van der Waals surface area contributed by atoms with Crippen molar-refractivity contribution in [3.05, 3.63) is 29.6 Å². The number of carbonyl (C=O) groups is 1. The number of benzene rings is 1. The third kappa shape index (κ3) is 1.62. The Kier molecular flexibility index (Phi) is 2.23. The summed E-state index contributed by atoms with van der Waals surface area (Å²) >= 11 is 0. The molecule has 0 saturated heterocycles. The number of fused-ring (bicyclic) bond motifs is 1. The summed E-state index contributed by atoms with van der Waals surface area (Å²) in [6.45, 7) is 2.02. The smallest absolute Gasteiger partial charge is 0.130 e. The number of carbonyl (C=O) groups excluding carboxylic acids is 1. The lowest BCUT2D eigenvalue weighted by Crippen LogP contribution is -2.05. The molecule has 1 aromatic carbocycles. The van der Waals surface area contributed by atoms with Crippen LogP contribution in [0, 0.1) is 5.82 Å². The number of hydrogen-bond donors (Lipinski definition) is 0. The lowest BCUT2D eigenvalue weighted by atomic mass is 9.96. The monoisotopic (exact) mass is 194 g/mol. The zero-order valence-corrected chi connectivity index (χ0v) is 7.92. The Balaban J connectivity index is 2.28. The first-order valence-corrected chi connectivity index (χ1v) is 4.58. The minimum absolute atomic E-state index is 0.0261. The first-order chi connectivity index (χ1) is 6.66. The SMILES string of the molecule is CC(=O)CC1COc2ccc(F)cc21. The van der Waals surface area contributed by atoms with Crippen molar-refractivity contribution in [2.24, 2.45) is 0 Å². The van der Waals surface area contributed by atoms with Crippen molar-refractivity contribution >= 4 is 5.78 Å². The van der Waals surface area contributed by atoms with E-state index in [0.29, 0.717) is 18.8 Å². The van der Waals surface area contributed by atoms with Crippen LogP contribution in [0.4, 0.5) is 4.39 Å². The topological polar surface area (TPSA) is 26.3 Å².